The van der Waals surface area contributed by atoms with Crippen molar-refractivity contribution in [1.29, 1.82) is 0 Å². The van der Waals surface area contributed by atoms with Gasteiger partial charge >= 0.3 is 0 Å². The lowest BCUT2D eigenvalue weighted by atomic mass is 10.1. The minimum absolute atomic E-state index is 0.464. The second-order valence-electron chi connectivity index (χ2n) is 4.01. The SMILES string of the molecule is CCNC(Cc1cncs1)Cc1nc(C)cs1. The molecule has 0 aliphatic carbocycles. The summed E-state index contributed by atoms with van der Waals surface area (Å²) in [5, 5.41) is 6.86. The highest BCUT2D eigenvalue weighted by atomic mass is 32.1. The summed E-state index contributed by atoms with van der Waals surface area (Å²) < 4.78 is 0. The third-order valence-corrected chi connectivity index (χ3v) is 4.30. The van der Waals surface area contributed by atoms with Crippen molar-refractivity contribution in [3.8, 4) is 0 Å². The van der Waals surface area contributed by atoms with Crippen LogP contribution in [0.25, 0.3) is 0 Å². The second kappa shape index (κ2) is 6.23. The molecule has 1 unspecified atom stereocenters. The summed E-state index contributed by atoms with van der Waals surface area (Å²) in [6.45, 7) is 5.19. The molecule has 0 aliphatic rings. The van der Waals surface area contributed by atoms with Crippen molar-refractivity contribution < 1.29 is 0 Å². The van der Waals surface area contributed by atoms with Gasteiger partial charge in [0.15, 0.2) is 0 Å². The summed E-state index contributed by atoms with van der Waals surface area (Å²) in [5.74, 6) is 0. The highest BCUT2D eigenvalue weighted by Gasteiger charge is 2.12. The topological polar surface area (TPSA) is 37.8 Å². The lowest BCUT2D eigenvalue weighted by molar-refractivity contribution is 0.523. The smallest absolute Gasteiger partial charge is 0.0943 e. The van der Waals surface area contributed by atoms with E-state index in [9.17, 15) is 0 Å². The molecule has 0 radical (unpaired) electrons. The van der Waals surface area contributed by atoms with Crippen molar-refractivity contribution in [3.63, 3.8) is 0 Å². The molecule has 0 amide bonds. The third kappa shape index (κ3) is 3.87. The van der Waals surface area contributed by atoms with Gasteiger partial charge in [-0.3, -0.25) is 4.98 Å². The van der Waals surface area contributed by atoms with E-state index >= 15 is 0 Å². The number of aryl methyl sites for hydroxylation is 1. The lowest BCUT2D eigenvalue weighted by Crippen LogP contribution is -2.32. The first-order chi connectivity index (χ1) is 8.28. The number of likely N-dealkylation sites (N-methyl/N-ethyl adjacent to an activating group) is 1. The van der Waals surface area contributed by atoms with E-state index in [1.54, 1.807) is 22.7 Å². The van der Waals surface area contributed by atoms with Crippen LogP contribution in [0, 0.1) is 6.92 Å². The maximum absolute atomic E-state index is 4.53. The fourth-order valence-corrected chi connectivity index (χ4v) is 3.33. The Labute approximate surface area is 110 Å². The molecule has 0 aromatic carbocycles. The van der Waals surface area contributed by atoms with Crippen LogP contribution >= 0.6 is 22.7 Å². The molecule has 92 valence electrons. The van der Waals surface area contributed by atoms with Gasteiger partial charge in [-0.25, -0.2) is 4.98 Å². The lowest BCUT2D eigenvalue weighted by Gasteiger charge is -2.15. The van der Waals surface area contributed by atoms with Crippen LogP contribution in [-0.2, 0) is 12.8 Å². The molecule has 5 heteroatoms. The molecule has 0 fully saturated rings. The molecule has 0 saturated heterocycles. The number of rotatable bonds is 6. The maximum Gasteiger partial charge on any atom is 0.0943 e. The molecule has 1 N–H and O–H groups in total. The number of nitrogens with zero attached hydrogens (tertiary/aromatic N) is 2. The first kappa shape index (κ1) is 12.7. The van der Waals surface area contributed by atoms with Crippen LogP contribution in [0.1, 0.15) is 22.5 Å². The number of hydrogen-bond acceptors (Lipinski definition) is 5. The second-order valence-corrected chi connectivity index (χ2v) is 5.93. The minimum Gasteiger partial charge on any atom is -0.313 e. The molecular weight excluding hydrogens is 250 g/mol. The van der Waals surface area contributed by atoms with Gasteiger partial charge in [0.25, 0.3) is 0 Å². The van der Waals surface area contributed by atoms with E-state index in [1.165, 1.54) is 9.88 Å². The maximum atomic E-state index is 4.53. The first-order valence-corrected chi connectivity index (χ1v) is 7.55. The van der Waals surface area contributed by atoms with Gasteiger partial charge < -0.3 is 5.32 Å². The molecule has 0 saturated carbocycles. The summed E-state index contributed by atoms with van der Waals surface area (Å²) in [6, 6.07) is 0.464. The average molecular weight is 267 g/mol. The molecule has 0 spiro atoms. The molecule has 2 rings (SSSR count). The van der Waals surface area contributed by atoms with E-state index in [0.717, 1.165) is 25.1 Å². The molecule has 3 nitrogen and oxygen atoms in total. The van der Waals surface area contributed by atoms with Crippen molar-refractivity contribution in [3.05, 3.63) is 32.7 Å². The number of aromatic nitrogens is 2. The van der Waals surface area contributed by atoms with Gasteiger partial charge in [0.2, 0.25) is 0 Å². The van der Waals surface area contributed by atoms with Crippen LogP contribution in [0.4, 0.5) is 0 Å². The van der Waals surface area contributed by atoms with E-state index in [0.29, 0.717) is 6.04 Å². The monoisotopic (exact) mass is 267 g/mol. The number of hydrogen-bond donors (Lipinski definition) is 1. The van der Waals surface area contributed by atoms with E-state index in [4.69, 9.17) is 0 Å². The number of thiazole rings is 2. The Morgan fingerprint density at radius 3 is 2.82 bits per heavy atom. The Kier molecular flexibility index (Phi) is 4.65. The molecular formula is C12H17N3S2. The summed E-state index contributed by atoms with van der Waals surface area (Å²) in [5.41, 5.74) is 3.02. The summed E-state index contributed by atoms with van der Waals surface area (Å²) >= 11 is 3.48. The Bertz CT molecular complexity index is 436. The Hall–Kier alpha value is -0.780. The fourth-order valence-electron chi connectivity index (χ4n) is 1.80. The van der Waals surface area contributed by atoms with Gasteiger partial charge in [-0.2, -0.15) is 0 Å². The van der Waals surface area contributed by atoms with E-state index in [1.807, 2.05) is 18.6 Å². The minimum atomic E-state index is 0.464. The zero-order valence-electron chi connectivity index (χ0n) is 10.1. The molecule has 0 bridgehead atoms. The third-order valence-electron chi connectivity index (χ3n) is 2.51. The van der Waals surface area contributed by atoms with Crippen LogP contribution in [0.5, 0.6) is 0 Å². The zero-order valence-corrected chi connectivity index (χ0v) is 11.8. The Morgan fingerprint density at radius 2 is 2.24 bits per heavy atom. The van der Waals surface area contributed by atoms with E-state index in [2.05, 4.69) is 27.6 Å². The van der Waals surface area contributed by atoms with Crippen LogP contribution in [0.3, 0.4) is 0 Å². The Morgan fingerprint density at radius 1 is 1.35 bits per heavy atom. The first-order valence-electron chi connectivity index (χ1n) is 5.79. The van der Waals surface area contributed by atoms with E-state index < -0.39 is 0 Å². The van der Waals surface area contributed by atoms with Crippen molar-refractivity contribution >= 4 is 22.7 Å². The molecule has 2 aromatic heterocycles. The molecule has 2 aromatic rings. The highest BCUT2D eigenvalue weighted by molar-refractivity contribution is 7.09. The molecule has 1 atom stereocenters. The van der Waals surface area contributed by atoms with Gasteiger partial charge in [-0.15, -0.1) is 22.7 Å². The van der Waals surface area contributed by atoms with Gasteiger partial charge in [-0.1, -0.05) is 6.92 Å². The van der Waals surface area contributed by atoms with Crippen LogP contribution in [0.2, 0.25) is 0 Å². The quantitative estimate of drug-likeness (QED) is 0.874. The zero-order chi connectivity index (χ0) is 12.1. The van der Waals surface area contributed by atoms with Crippen molar-refractivity contribution in [1.82, 2.24) is 15.3 Å². The van der Waals surface area contributed by atoms with Crippen LogP contribution < -0.4 is 5.32 Å². The largest absolute Gasteiger partial charge is 0.313 e. The van der Waals surface area contributed by atoms with Crippen molar-refractivity contribution in [2.24, 2.45) is 0 Å². The van der Waals surface area contributed by atoms with Gasteiger partial charge in [0, 0.05) is 34.6 Å². The van der Waals surface area contributed by atoms with Crippen molar-refractivity contribution in [2.75, 3.05) is 6.54 Å². The Balaban J connectivity index is 1.97. The predicted molar refractivity (Wildman–Crippen MR) is 73.8 cm³/mol. The van der Waals surface area contributed by atoms with Gasteiger partial charge in [-0.05, 0) is 19.9 Å². The normalized spacial score (nSPS) is 12.8. The van der Waals surface area contributed by atoms with Crippen LogP contribution in [0.15, 0.2) is 17.1 Å². The predicted octanol–water partition coefficient (Wildman–Crippen LogP) is 2.67. The highest BCUT2D eigenvalue weighted by Crippen LogP contribution is 2.15. The molecule has 0 aliphatic heterocycles. The molecule has 2 heterocycles. The summed E-state index contributed by atoms with van der Waals surface area (Å²) in [4.78, 5) is 9.99. The standard InChI is InChI=1S/C12H17N3S2/c1-3-14-10(4-11-6-13-8-17-11)5-12-15-9(2)7-16-12/h6-8,10,14H,3-5H2,1-2H3. The summed E-state index contributed by atoms with van der Waals surface area (Å²) in [6.07, 6.45) is 4.00. The summed E-state index contributed by atoms with van der Waals surface area (Å²) in [7, 11) is 0. The average Bonchev–Trinajstić information content (AvgIpc) is 2.91. The fraction of sp³-hybridized carbons (Fsp3) is 0.500. The van der Waals surface area contributed by atoms with E-state index in [-0.39, 0.29) is 0 Å². The van der Waals surface area contributed by atoms with Crippen molar-refractivity contribution in [2.45, 2.75) is 32.7 Å². The molecule has 17 heavy (non-hydrogen) atoms. The van der Waals surface area contributed by atoms with Gasteiger partial charge in [0.05, 0.1) is 10.5 Å². The van der Waals surface area contributed by atoms with Crippen LogP contribution in [-0.4, -0.2) is 22.6 Å². The number of nitrogens with one attached hydrogen (secondary N) is 1. The van der Waals surface area contributed by atoms with Gasteiger partial charge in [0.1, 0.15) is 0 Å².